The molecular formula is C14H20O4. The lowest BCUT2D eigenvalue weighted by Crippen LogP contribution is -2.39. The highest BCUT2D eigenvalue weighted by molar-refractivity contribution is 5.21. The molecule has 1 saturated heterocycles. The van der Waals surface area contributed by atoms with Crippen LogP contribution < -0.4 is 0 Å². The van der Waals surface area contributed by atoms with Crippen molar-refractivity contribution in [3.8, 4) is 0 Å². The second-order valence-electron chi connectivity index (χ2n) is 4.96. The summed E-state index contributed by atoms with van der Waals surface area (Å²) in [6.07, 6.45) is -2.46. The smallest absolute Gasteiger partial charge is 0.193 e. The third-order valence-electron chi connectivity index (χ3n) is 3.29. The average Bonchev–Trinajstić information content (AvgIpc) is 2.70. The predicted octanol–water partition coefficient (Wildman–Crippen LogP) is 1.40. The first-order valence-corrected chi connectivity index (χ1v) is 6.21. The normalized spacial score (nSPS) is 35.4. The van der Waals surface area contributed by atoms with Gasteiger partial charge in [0.05, 0.1) is 12.2 Å². The quantitative estimate of drug-likeness (QED) is 0.854. The minimum atomic E-state index is -0.926. The van der Waals surface area contributed by atoms with Crippen LogP contribution in [0.4, 0.5) is 0 Å². The van der Waals surface area contributed by atoms with Crippen LogP contribution in [0.25, 0.3) is 0 Å². The number of aliphatic hydroxyl groups excluding tert-OH is 2. The molecule has 0 saturated carbocycles. The van der Waals surface area contributed by atoms with Crippen molar-refractivity contribution >= 4 is 0 Å². The van der Waals surface area contributed by atoms with E-state index in [1.54, 1.807) is 20.8 Å². The summed E-state index contributed by atoms with van der Waals surface area (Å²) in [5.74, 6) is -0.926. The molecule has 4 unspecified atom stereocenters. The van der Waals surface area contributed by atoms with Crippen molar-refractivity contribution in [1.82, 2.24) is 0 Å². The van der Waals surface area contributed by atoms with Crippen LogP contribution in [0.5, 0.6) is 0 Å². The maximum atomic E-state index is 9.73. The van der Waals surface area contributed by atoms with Crippen molar-refractivity contribution in [2.24, 2.45) is 0 Å². The van der Waals surface area contributed by atoms with Crippen molar-refractivity contribution in [3.63, 3.8) is 0 Å². The van der Waals surface area contributed by atoms with Crippen LogP contribution in [0.3, 0.4) is 0 Å². The van der Waals surface area contributed by atoms with Gasteiger partial charge >= 0.3 is 0 Å². The first kappa shape index (κ1) is 13.5. The van der Waals surface area contributed by atoms with Crippen molar-refractivity contribution in [3.05, 3.63) is 35.9 Å². The van der Waals surface area contributed by atoms with E-state index in [1.807, 2.05) is 30.3 Å². The van der Waals surface area contributed by atoms with Gasteiger partial charge in [0.25, 0.3) is 0 Å². The highest BCUT2D eigenvalue weighted by Gasteiger charge is 2.49. The maximum Gasteiger partial charge on any atom is 0.193 e. The molecule has 1 fully saturated rings. The SMILES string of the molecule is CC(O)C1OC(C)(c2ccccc2)OC1C(C)O. The number of hydrogen-bond acceptors (Lipinski definition) is 4. The Hall–Kier alpha value is -0.940. The molecule has 0 spiro atoms. The first-order chi connectivity index (χ1) is 8.44. The Morgan fingerprint density at radius 1 is 1.00 bits per heavy atom. The molecule has 1 aromatic rings. The van der Waals surface area contributed by atoms with Crippen molar-refractivity contribution in [1.29, 1.82) is 0 Å². The molecule has 0 aromatic heterocycles. The van der Waals surface area contributed by atoms with Gasteiger partial charge in [-0.3, -0.25) is 0 Å². The Morgan fingerprint density at radius 2 is 1.44 bits per heavy atom. The summed E-state index contributed by atoms with van der Waals surface area (Å²) < 4.78 is 11.7. The topological polar surface area (TPSA) is 58.9 Å². The monoisotopic (exact) mass is 252 g/mol. The van der Waals surface area contributed by atoms with Crippen molar-refractivity contribution in [2.75, 3.05) is 0 Å². The molecule has 4 atom stereocenters. The molecule has 4 nitrogen and oxygen atoms in total. The van der Waals surface area contributed by atoms with E-state index in [0.29, 0.717) is 0 Å². The molecule has 2 N–H and O–H groups in total. The van der Waals surface area contributed by atoms with E-state index in [1.165, 1.54) is 0 Å². The van der Waals surface area contributed by atoms with E-state index in [0.717, 1.165) is 5.56 Å². The summed E-state index contributed by atoms with van der Waals surface area (Å²) in [6, 6.07) is 9.54. The van der Waals surface area contributed by atoms with Crippen LogP contribution in [0.1, 0.15) is 26.3 Å². The third-order valence-corrected chi connectivity index (χ3v) is 3.29. The van der Waals surface area contributed by atoms with E-state index in [9.17, 15) is 10.2 Å². The zero-order valence-corrected chi connectivity index (χ0v) is 10.9. The lowest BCUT2D eigenvalue weighted by atomic mass is 10.1. The fraction of sp³-hybridized carbons (Fsp3) is 0.571. The van der Waals surface area contributed by atoms with E-state index < -0.39 is 30.2 Å². The van der Waals surface area contributed by atoms with Gasteiger partial charge in [-0.25, -0.2) is 0 Å². The number of benzene rings is 1. The summed E-state index contributed by atoms with van der Waals surface area (Å²) >= 11 is 0. The molecule has 1 aliphatic rings. The molecular weight excluding hydrogens is 232 g/mol. The third kappa shape index (κ3) is 2.42. The van der Waals surface area contributed by atoms with Crippen LogP contribution in [-0.4, -0.2) is 34.6 Å². The fourth-order valence-corrected chi connectivity index (χ4v) is 2.30. The average molecular weight is 252 g/mol. The summed E-state index contributed by atoms with van der Waals surface area (Å²) in [6.45, 7) is 5.08. The Labute approximate surface area is 107 Å². The fourth-order valence-electron chi connectivity index (χ4n) is 2.30. The van der Waals surface area contributed by atoms with Crippen molar-refractivity contribution < 1.29 is 19.7 Å². The molecule has 18 heavy (non-hydrogen) atoms. The van der Waals surface area contributed by atoms with Crippen LogP contribution in [0.2, 0.25) is 0 Å². The van der Waals surface area contributed by atoms with Crippen LogP contribution in [-0.2, 0) is 15.3 Å². The minimum absolute atomic E-state index is 0.532. The van der Waals surface area contributed by atoms with Crippen LogP contribution in [0, 0.1) is 0 Å². The van der Waals surface area contributed by atoms with Gasteiger partial charge in [-0.15, -0.1) is 0 Å². The lowest BCUT2D eigenvalue weighted by molar-refractivity contribution is -0.181. The molecule has 0 amide bonds. The van der Waals surface area contributed by atoms with E-state index in [4.69, 9.17) is 9.47 Å². The molecule has 1 aliphatic heterocycles. The van der Waals surface area contributed by atoms with Crippen molar-refractivity contribution in [2.45, 2.75) is 51.0 Å². The Kier molecular flexibility index (Phi) is 3.73. The molecule has 0 aliphatic carbocycles. The second kappa shape index (κ2) is 4.97. The zero-order chi connectivity index (χ0) is 13.3. The lowest BCUT2D eigenvalue weighted by Gasteiger charge is -2.24. The zero-order valence-electron chi connectivity index (χ0n) is 10.9. The van der Waals surface area contributed by atoms with Gasteiger partial charge < -0.3 is 19.7 Å². The molecule has 1 aromatic carbocycles. The summed E-state index contributed by atoms with van der Waals surface area (Å²) in [4.78, 5) is 0. The van der Waals surface area contributed by atoms with E-state index in [-0.39, 0.29) is 0 Å². The van der Waals surface area contributed by atoms with Gasteiger partial charge in [0.1, 0.15) is 12.2 Å². The maximum absolute atomic E-state index is 9.73. The number of ether oxygens (including phenoxy) is 2. The summed E-state index contributed by atoms with van der Waals surface area (Å²) in [7, 11) is 0. The van der Waals surface area contributed by atoms with Gasteiger partial charge in [0.2, 0.25) is 0 Å². The molecule has 1 heterocycles. The molecule has 2 rings (SSSR count). The number of rotatable bonds is 3. The molecule has 100 valence electrons. The Morgan fingerprint density at radius 3 is 1.83 bits per heavy atom. The van der Waals surface area contributed by atoms with E-state index in [2.05, 4.69) is 0 Å². The van der Waals surface area contributed by atoms with Gasteiger partial charge in [-0.05, 0) is 20.8 Å². The molecule has 4 heteroatoms. The van der Waals surface area contributed by atoms with Crippen LogP contribution >= 0.6 is 0 Å². The standard InChI is InChI=1S/C14H20O4/c1-9(15)12-13(10(2)16)18-14(3,17-12)11-7-5-4-6-8-11/h4-10,12-13,15-16H,1-3H3. The number of hydrogen-bond donors (Lipinski definition) is 2. The van der Waals surface area contributed by atoms with Gasteiger partial charge in [0.15, 0.2) is 5.79 Å². The molecule has 0 bridgehead atoms. The van der Waals surface area contributed by atoms with Gasteiger partial charge in [-0.2, -0.15) is 0 Å². The summed E-state index contributed by atoms with van der Waals surface area (Å²) in [5.41, 5.74) is 0.874. The Bertz CT molecular complexity index is 372. The highest BCUT2D eigenvalue weighted by atomic mass is 16.8. The van der Waals surface area contributed by atoms with E-state index >= 15 is 0 Å². The number of aliphatic hydroxyl groups is 2. The second-order valence-corrected chi connectivity index (χ2v) is 4.96. The highest BCUT2D eigenvalue weighted by Crippen LogP contribution is 2.39. The van der Waals surface area contributed by atoms with Crippen LogP contribution in [0.15, 0.2) is 30.3 Å². The minimum Gasteiger partial charge on any atom is -0.391 e. The largest absolute Gasteiger partial charge is 0.391 e. The van der Waals surface area contributed by atoms with Gasteiger partial charge in [-0.1, -0.05) is 30.3 Å². The Balaban J connectivity index is 2.27. The molecule has 0 radical (unpaired) electrons. The first-order valence-electron chi connectivity index (χ1n) is 6.21. The summed E-state index contributed by atoms with van der Waals surface area (Å²) in [5, 5.41) is 19.5. The van der Waals surface area contributed by atoms with Gasteiger partial charge in [0, 0.05) is 5.56 Å². The predicted molar refractivity (Wildman–Crippen MR) is 66.9 cm³/mol.